The first kappa shape index (κ1) is 14.3. The molecule has 1 aliphatic rings. The van der Waals surface area contributed by atoms with Crippen LogP contribution in [0.5, 0.6) is 5.75 Å². The van der Waals surface area contributed by atoms with Crippen LogP contribution in [0.25, 0.3) is 0 Å². The molecule has 106 valence electrons. The molecule has 1 aliphatic heterocycles. The van der Waals surface area contributed by atoms with Crippen molar-refractivity contribution in [3.05, 3.63) is 24.3 Å². The highest BCUT2D eigenvalue weighted by Crippen LogP contribution is 2.30. The Balaban J connectivity index is 2.34. The smallest absolute Gasteiger partial charge is 0.243 e. The van der Waals surface area contributed by atoms with Crippen LogP contribution in [0.4, 0.5) is 0 Å². The average Bonchev–Trinajstić information content (AvgIpc) is 2.38. The van der Waals surface area contributed by atoms with Gasteiger partial charge in [-0.15, -0.1) is 0 Å². The van der Waals surface area contributed by atoms with E-state index in [9.17, 15) is 8.42 Å². The fourth-order valence-electron chi connectivity index (χ4n) is 2.74. The van der Waals surface area contributed by atoms with Crippen molar-refractivity contribution in [2.75, 3.05) is 7.11 Å². The minimum absolute atomic E-state index is 0.0656. The lowest BCUT2D eigenvalue weighted by Gasteiger charge is -2.37. The molecule has 1 fully saturated rings. The largest absolute Gasteiger partial charge is 0.497 e. The molecule has 19 heavy (non-hydrogen) atoms. The Morgan fingerprint density at radius 3 is 2.11 bits per heavy atom. The van der Waals surface area contributed by atoms with Gasteiger partial charge in [-0.25, -0.2) is 8.42 Å². The van der Waals surface area contributed by atoms with Crippen LogP contribution in [-0.2, 0) is 10.0 Å². The second-order valence-corrected chi connectivity index (χ2v) is 6.98. The zero-order valence-electron chi connectivity index (χ0n) is 11.7. The molecule has 0 aromatic heterocycles. The van der Waals surface area contributed by atoms with Gasteiger partial charge in [-0.05, 0) is 51.0 Å². The molecule has 1 saturated heterocycles. The van der Waals surface area contributed by atoms with E-state index in [1.54, 1.807) is 35.7 Å². The highest BCUT2D eigenvalue weighted by molar-refractivity contribution is 7.89. The molecule has 4 nitrogen and oxygen atoms in total. The fourth-order valence-corrected chi connectivity index (χ4v) is 4.62. The summed E-state index contributed by atoms with van der Waals surface area (Å²) in [5, 5.41) is 0. The van der Waals surface area contributed by atoms with Crippen molar-refractivity contribution in [3.63, 3.8) is 0 Å². The second kappa shape index (κ2) is 5.51. The van der Waals surface area contributed by atoms with Gasteiger partial charge in [-0.3, -0.25) is 0 Å². The molecule has 1 aromatic carbocycles. The maximum absolute atomic E-state index is 12.7. The molecule has 0 bridgehead atoms. The summed E-state index contributed by atoms with van der Waals surface area (Å²) < 4.78 is 32.1. The Hall–Kier alpha value is -1.07. The van der Waals surface area contributed by atoms with Crippen LogP contribution >= 0.6 is 0 Å². The van der Waals surface area contributed by atoms with Gasteiger partial charge in [0.2, 0.25) is 10.0 Å². The molecule has 2 atom stereocenters. The van der Waals surface area contributed by atoms with Crippen molar-refractivity contribution in [2.45, 2.75) is 50.1 Å². The molecule has 0 N–H and O–H groups in total. The van der Waals surface area contributed by atoms with E-state index in [0.29, 0.717) is 10.6 Å². The topological polar surface area (TPSA) is 46.6 Å². The maximum atomic E-state index is 12.7. The molecule has 2 unspecified atom stereocenters. The molecule has 5 heteroatoms. The highest BCUT2D eigenvalue weighted by atomic mass is 32.2. The van der Waals surface area contributed by atoms with Gasteiger partial charge < -0.3 is 4.74 Å². The third kappa shape index (κ3) is 2.77. The van der Waals surface area contributed by atoms with Crippen LogP contribution in [0.2, 0.25) is 0 Å². The lowest BCUT2D eigenvalue weighted by molar-refractivity contribution is 0.204. The van der Waals surface area contributed by atoms with E-state index in [0.717, 1.165) is 19.3 Å². The van der Waals surface area contributed by atoms with Gasteiger partial charge in [-0.1, -0.05) is 6.42 Å². The predicted octanol–water partition coefficient (Wildman–Crippen LogP) is 2.65. The molecule has 2 rings (SSSR count). The number of sulfonamides is 1. The monoisotopic (exact) mass is 283 g/mol. The Morgan fingerprint density at radius 1 is 1.11 bits per heavy atom. The molecule has 1 aromatic rings. The summed E-state index contributed by atoms with van der Waals surface area (Å²) in [4.78, 5) is 0.342. The van der Waals surface area contributed by atoms with E-state index in [4.69, 9.17) is 4.74 Å². The van der Waals surface area contributed by atoms with Crippen LogP contribution in [-0.4, -0.2) is 31.9 Å². The molecule has 0 amide bonds. The van der Waals surface area contributed by atoms with E-state index in [1.807, 2.05) is 13.8 Å². The van der Waals surface area contributed by atoms with Crippen LogP contribution < -0.4 is 4.74 Å². The summed E-state index contributed by atoms with van der Waals surface area (Å²) in [5.74, 6) is 0.665. The number of hydrogen-bond donors (Lipinski definition) is 0. The van der Waals surface area contributed by atoms with Crippen molar-refractivity contribution >= 4 is 10.0 Å². The second-order valence-electron chi connectivity index (χ2n) is 5.14. The molecule has 1 heterocycles. The number of nitrogens with zero attached hydrogens (tertiary/aromatic N) is 1. The van der Waals surface area contributed by atoms with Crippen LogP contribution in [0.15, 0.2) is 29.2 Å². The minimum atomic E-state index is -3.41. The number of rotatable bonds is 3. The fraction of sp³-hybridized carbons (Fsp3) is 0.571. The van der Waals surface area contributed by atoms with E-state index >= 15 is 0 Å². The minimum Gasteiger partial charge on any atom is -0.497 e. The first-order valence-electron chi connectivity index (χ1n) is 6.64. The van der Waals surface area contributed by atoms with Crippen molar-refractivity contribution in [2.24, 2.45) is 0 Å². The highest BCUT2D eigenvalue weighted by Gasteiger charge is 2.35. The lowest BCUT2D eigenvalue weighted by atomic mass is 10.0. The van der Waals surface area contributed by atoms with Gasteiger partial charge in [0.25, 0.3) is 0 Å². The molecule has 0 aliphatic carbocycles. The summed E-state index contributed by atoms with van der Waals surface area (Å²) >= 11 is 0. The van der Waals surface area contributed by atoms with Crippen molar-refractivity contribution in [1.29, 1.82) is 0 Å². The van der Waals surface area contributed by atoms with Crippen LogP contribution in [0.3, 0.4) is 0 Å². The zero-order chi connectivity index (χ0) is 14.0. The van der Waals surface area contributed by atoms with Gasteiger partial charge in [0.05, 0.1) is 12.0 Å². The lowest BCUT2D eigenvalue weighted by Crippen LogP contribution is -2.47. The van der Waals surface area contributed by atoms with Crippen LogP contribution in [0.1, 0.15) is 33.1 Å². The molecule has 0 radical (unpaired) electrons. The normalized spacial score (nSPS) is 25.2. The van der Waals surface area contributed by atoms with Crippen molar-refractivity contribution in [3.8, 4) is 5.75 Å². The SMILES string of the molecule is COc1ccc(S(=O)(=O)N2C(C)CCCC2C)cc1. The Labute approximate surface area is 115 Å². The number of hydrogen-bond acceptors (Lipinski definition) is 3. The molecule has 0 spiro atoms. The summed E-state index contributed by atoms with van der Waals surface area (Å²) in [6.07, 6.45) is 2.95. The zero-order valence-corrected chi connectivity index (χ0v) is 12.5. The first-order chi connectivity index (χ1) is 8.96. The van der Waals surface area contributed by atoms with E-state index in [1.165, 1.54) is 0 Å². The van der Waals surface area contributed by atoms with Crippen molar-refractivity contribution < 1.29 is 13.2 Å². The summed E-state index contributed by atoms with van der Waals surface area (Å²) in [6.45, 7) is 3.97. The predicted molar refractivity (Wildman–Crippen MR) is 74.8 cm³/mol. The maximum Gasteiger partial charge on any atom is 0.243 e. The average molecular weight is 283 g/mol. The summed E-state index contributed by atoms with van der Waals surface area (Å²) in [6, 6.07) is 6.73. The van der Waals surface area contributed by atoms with Gasteiger partial charge in [0, 0.05) is 12.1 Å². The quantitative estimate of drug-likeness (QED) is 0.856. The Morgan fingerprint density at radius 2 is 1.63 bits per heavy atom. The van der Waals surface area contributed by atoms with E-state index < -0.39 is 10.0 Å². The van der Waals surface area contributed by atoms with Gasteiger partial charge >= 0.3 is 0 Å². The third-order valence-corrected chi connectivity index (χ3v) is 5.89. The number of benzene rings is 1. The number of piperidine rings is 1. The number of ether oxygens (including phenoxy) is 1. The third-order valence-electron chi connectivity index (χ3n) is 3.75. The van der Waals surface area contributed by atoms with Crippen molar-refractivity contribution in [1.82, 2.24) is 4.31 Å². The molecular weight excluding hydrogens is 262 g/mol. The van der Waals surface area contributed by atoms with Gasteiger partial charge in [-0.2, -0.15) is 4.31 Å². The van der Waals surface area contributed by atoms with Gasteiger partial charge in [0.1, 0.15) is 5.75 Å². The standard InChI is InChI=1S/C14H21NO3S/c1-11-5-4-6-12(2)15(11)19(16,17)14-9-7-13(18-3)8-10-14/h7-12H,4-6H2,1-3H3. The number of methoxy groups -OCH3 is 1. The van der Waals surface area contributed by atoms with E-state index in [-0.39, 0.29) is 12.1 Å². The summed E-state index contributed by atoms with van der Waals surface area (Å²) in [7, 11) is -1.84. The molecule has 0 saturated carbocycles. The Bertz CT molecular complexity index is 514. The molecular formula is C14H21NO3S. The van der Waals surface area contributed by atoms with Gasteiger partial charge in [0.15, 0.2) is 0 Å². The summed E-state index contributed by atoms with van der Waals surface area (Å²) in [5.41, 5.74) is 0. The Kier molecular flexibility index (Phi) is 4.16. The van der Waals surface area contributed by atoms with Crippen LogP contribution in [0, 0.1) is 0 Å². The first-order valence-corrected chi connectivity index (χ1v) is 8.08. The van der Waals surface area contributed by atoms with E-state index in [2.05, 4.69) is 0 Å².